The topological polar surface area (TPSA) is 34.1 Å². The van der Waals surface area contributed by atoms with Crippen LogP contribution in [0.25, 0.3) is 0 Å². The summed E-state index contributed by atoms with van der Waals surface area (Å²) in [4.78, 5) is 0. The van der Waals surface area contributed by atoms with Gasteiger partial charge < -0.3 is 0 Å². The maximum absolute atomic E-state index is 11.0. The first-order valence-corrected chi connectivity index (χ1v) is 7.85. The Morgan fingerprint density at radius 3 is 1.79 bits per heavy atom. The van der Waals surface area contributed by atoms with Gasteiger partial charge in [0.15, 0.2) is 0 Å². The normalized spacial score (nSPS) is 18.7. The van der Waals surface area contributed by atoms with Crippen molar-refractivity contribution in [2.45, 2.75) is 59.9 Å². The van der Waals surface area contributed by atoms with E-state index in [-0.39, 0.29) is 13.7 Å². The van der Waals surface area contributed by atoms with Crippen LogP contribution >= 0.6 is 0 Å². The second-order valence-electron chi connectivity index (χ2n) is 4.16. The van der Waals surface area contributed by atoms with Gasteiger partial charge in [-0.05, 0) is 32.1 Å². The SMILES string of the molecule is C.CC.CC1=CCCC(C)C1.CS(=O)(=O)C(F)(F)F. The highest BCUT2D eigenvalue weighted by molar-refractivity contribution is 7.91. The molecular formula is C13H27F3O2S. The smallest absolute Gasteiger partial charge is 0.220 e. The summed E-state index contributed by atoms with van der Waals surface area (Å²) in [6.07, 6.45) is 6.53. The first kappa shape index (κ1) is 23.6. The van der Waals surface area contributed by atoms with Crippen LogP contribution in [0, 0.1) is 5.92 Å². The van der Waals surface area contributed by atoms with Crippen LogP contribution < -0.4 is 0 Å². The Kier molecular flexibility index (Phi) is 12.8. The largest absolute Gasteiger partial charge is 0.497 e. The zero-order valence-electron chi connectivity index (χ0n) is 11.6. The molecule has 118 valence electrons. The standard InChI is InChI=1S/C8H14.C2H3F3O2S.C2H6.CH4/c1-7-4-3-5-8(2)6-7;1-8(6,7)2(3,4)5;1-2;/h4,8H,3,5-6H2,1-2H3;1H3;1-2H3;1H4. The van der Waals surface area contributed by atoms with Gasteiger partial charge >= 0.3 is 5.51 Å². The fourth-order valence-corrected chi connectivity index (χ4v) is 1.35. The summed E-state index contributed by atoms with van der Waals surface area (Å²) in [5.41, 5.74) is -3.50. The van der Waals surface area contributed by atoms with Crippen molar-refractivity contribution in [1.82, 2.24) is 0 Å². The Balaban J connectivity index is -0.000000228. The Hall–Kier alpha value is -0.520. The van der Waals surface area contributed by atoms with Crippen LogP contribution in [0.5, 0.6) is 0 Å². The lowest BCUT2D eigenvalue weighted by Crippen LogP contribution is -2.20. The van der Waals surface area contributed by atoms with Crippen molar-refractivity contribution in [3.8, 4) is 0 Å². The number of hydrogen-bond donors (Lipinski definition) is 0. The van der Waals surface area contributed by atoms with E-state index in [9.17, 15) is 21.6 Å². The monoisotopic (exact) mass is 304 g/mol. The summed E-state index contributed by atoms with van der Waals surface area (Å²) in [6, 6.07) is 0. The summed E-state index contributed by atoms with van der Waals surface area (Å²) in [5, 5.41) is 0. The van der Waals surface area contributed by atoms with Crippen molar-refractivity contribution in [2.24, 2.45) is 5.92 Å². The molecule has 6 heteroatoms. The van der Waals surface area contributed by atoms with Crippen LogP contribution in [-0.2, 0) is 9.84 Å². The molecule has 2 nitrogen and oxygen atoms in total. The average molecular weight is 304 g/mol. The molecule has 0 saturated carbocycles. The highest BCUT2D eigenvalue weighted by atomic mass is 32.2. The molecule has 0 amide bonds. The molecule has 19 heavy (non-hydrogen) atoms. The summed E-state index contributed by atoms with van der Waals surface area (Å²) < 4.78 is 52.0. The van der Waals surface area contributed by atoms with Crippen LogP contribution in [-0.4, -0.2) is 20.2 Å². The third kappa shape index (κ3) is 12.3. The molecule has 0 radical (unpaired) electrons. The summed E-state index contributed by atoms with van der Waals surface area (Å²) in [5.74, 6) is 0.944. The van der Waals surface area contributed by atoms with Gasteiger partial charge in [0, 0.05) is 6.26 Å². The van der Waals surface area contributed by atoms with E-state index in [4.69, 9.17) is 0 Å². The fraction of sp³-hybridized carbons (Fsp3) is 0.846. The van der Waals surface area contributed by atoms with Crippen LogP contribution in [0.1, 0.15) is 54.4 Å². The highest BCUT2D eigenvalue weighted by Crippen LogP contribution is 2.22. The van der Waals surface area contributed by atoms with E-state index in [2.05, 4.69) is 19.9 Å². The van der Waals surface area contributed by atoms with Gasteiger partial charge in [-0.3, -0.25) is 0 Å². The molecule has 1 atom stereocenters. The van der Waals surface area contributed by atoms with Crippen LogP contribution in [0.3, 0.4) is 0 Å². The third-order valence-electron chi connectivity index (χ3n) is 2.24. The Morgan fingerprint density at radius 1 is 1.26 bits per heavy atom. The van der Waals surface area contributed by atoms with Crippen molar-refractivity contribution >= 4 is 9.84 Å². The van der Waals surface area contributed by atoms with Crippen molar-refractivity contribution in [1.29, 1.82) is 0 Å². The summed E-state index contributed by atoms with van der Waals surface area (Å²) in [7, 11) is -4.84. The van der Waals surface area contributed by atoms with E-state index in [1.54, 1.807) is 5.57 Å². The molecule has 1 rings (SSSR count). The Labute approximate surface area is 116 Å². The van der Waals surface area contributed by atoms with Gasteiger partial charge in [-0.2, -0.15) is 13.2 Å². The van der Waals surface area contributed by atoms with Gasteiger partial charge in [0.2, 0.25) is 9.84 Å². The molecule has 0 aromatic carbocycles. The lowest BCUT2D eigenvalue weighted by atomic mass is 9.91. The molecule has 0 N–H and O–H groups in total. The van der Waals surface area contributed by atoms with Gasteiger partial charge in [0.1, 0.15) is 0 Å². The van der Waals surface area contributed by atoms with Crippen molar-refractivity contribution in [2.75, 3.05) is 6.26 Å². The number of rotatable bonds is 0. The molecule has 1 aliphatic rings. The summed E-state index contributed by atoms with van der Waals surface area (Å²) >= 11 is 0. The average Bonchev–Trinajstić information content (AvgIpc) is 2.18. The van der Waals surface area contributed by atoms with E-state index in [0.29, 0.717) is 0 Å². The molecule has 1 unspecified atom stereocenters. The van der Waals surface area contributed by atoms with E-state index < -0.39 is 15.3 Å². The van der Waals surface area contributed by atoms with E-state index in [1.807, 2.05) is 13.8 Å². The Bertz CT molecular complexity index is 343. The molecule has 0 saturated heterocycles. The van der Waals surface area contributed by atoms with Gasteiger partial charge in [-0.25, -0.2) is 8.42 Å². The molecule has 0 spiro atoms. The lowest BCUT2D eigenvalue weighted by molar-refractivity contribution is -0.0429. The minimum atomic E-state index is -5.09. The second kappa shape index (κ2) is 10.3. The molecular weight excluding hydrogens is 277 g/mol. The minimum absolute atomic E-state index is 0. The van der Waals surface area contributed by atoms with Crippen molar-refractivity contribution in [3.05, 3.63) is 11.6 Å². The quantitative estimate of drug-likeness (QED) is 0.592. The molecule has 0 aromatic rings. The molecule has 0 bridgehead atoms. The predicted molar refractivity (Wildman–Crippen MR) is 75.7 cm³/mol. The van der Waals surface area contributed by atoms with E-state index in [0.717, 1.165) is 5.92 Å². The number of sulfone groups is 1. The van der Waals surface area contributed by atoms with Gasteiger partial charge in [-0.15, -0.1) is 0 Å². The molecule has 0 heterocycles. The third-order valence-corrected chi connectivity index (χ3v) is 3.08. The molecule has 1 aliphatic carbocycles. The van der Waals surface area contributed by atoms with Crippen LogP contribution in [0.4, 0.5) is 13.2 Å². The Morgan fingerprint density at radius 2 is 1.63 bits per heavy atom. The van der Waals surface area contributed by atoms with Gasteiger partial charge in [0.05, 0.1) is 0 Å². The number of hydrogen-bond acceptors (Lipinski definition) is 2. The molecule has 0 fully saturated rings. The second-order valence-corrected chi connectivity index (χ2v) is 6.16. The van der Waals surface area contributed by atoms with E-state index in [1.165, 1.54) is 19.3 Å². The first-order chi connectivity index (χ1) is 8.04. The number of halogens is 3. The van der Waals surface area contributed by atoms with Crippen molar-refractivity contribution < 1.29 is 21.6 Å². The first-order valence-electron chi connectivity index (χ1n) is 5.96. The maximum Gasteiger partial charge on any atom is 0.497 e. The van der Waals surface area contributed by atoms with Crippen molar-refractivity contribution in [3.63, 3.8) is 0 Å². The van der Waals surface area contributed by atoms with Crippen LogP contribution in [0.2, 0.25) is 0 Å². The highest BCUT2D eigenvalue weighted by Gasteiger charge is 2.41. The zero-order chi connectivity index (χ0) is 15.0. The number of allylic oxidation sites excluding steroid dienone is 2. The maximum atomic E-state index is 11.0. The fourth-order valence-electron chi connectivity index (χ4n) is 1.35. The molecule has 0 aliphatic heterocycles. The lowest BCUT2D eigenvalue weighted by Gasteiger charge is -2.15. The van der Waals surface area contributed by atoms with Gasteiger partial charge in [0.25, 0.3) is 0 Å². The van der Waals surface area contributed by atoms with E-state index >= 15 is 0 Å². The van der Waals surface area contributed by atoms with Crippen LogP contribution in [0.15, 0.2) is 11.6 Å². The molecule has 0 aromatic heterocycles. The van der Waals surface area contributed by atoms with Gasteiger partial charge in [-0.1, -0.05) is 39.8 Å². The predicted octanol–water partition coefficient (Wildman–Crippen LogP) is 4.97. The zero-order valence-corrected chi connectivity index (χ0v) is 12.5. The minimum Gasteiger partial charge on any atom is -0.220 e. The summed E-state index contributed by atoms with van der Waals surface area (Å²) in [6.45, 7) is 8.56. The number of alkyl halides is 3.